The van der Waals surface area contributed by atoms with Gasteiger partial charge in [-0.3, -0.25) is 0 Å². The largest absolute Gasteiger partial charge is 0.309 e. The van der Waals surface area contributed by atoms with Gasteiger partial charge in [-0.1, -0.05) is 121 Å². The zero-order chi connectivity index (χ0) is 33.5. The fourth-order valence-electron chi connectivity index (χ4n) is 8.31. The highest BCUT2D eigenvalue weighted by Crippen LogP contribution is 2.54. The highest BCUT2D eigenvalue weighted by atomic mass is 32.1. The lowest BCUT2D eigenvalue weighted by Crippen LogP contribution is -2.11. The highest BCUT2D eigenvalue weighted by Gasteiger charge is 2.29. The van der Waals surface area contributed by atoms with E-state index in [0.717, 1.165) is 11.4 Å². The fourth-order valence-corrected chi connectivity index (χ4v) is 9.40. The first-order chi connectivity index (χ1) is 25.3. The number of benzene rings is 8. The highest BCUT2D eigenvalue weighted by molar-refractivity contribution is 7.25. The molecule has 0 saturated heterocycles. The fraction of sp³-hybridized carbons (Fsp3) is 0. The zero-order valence-corrected chi connectivity index (χ0v) is 28.4. The van der Waals surface area contributed by atoms with Gasteiger partial charge in [-0.15, -0.1) is 11.3 Å². The Morgan fingerprint density at radius 3 is 1.96 bits per heavy atom. The number of hydrogen-bond acceptors (Lipinski definition) is 2. The van der Waals surface area contributed by atoms with Gasteiger partial charge < -0.3 is 9.47 Å². The van der Waals surface area contributed by atoms with Crippen molar-refractivity contribution in [2.45, 2.75) is 0 Å². The zero-order valence-electron chi connectivity index (χ0n) is 27.6. The average Bonchev–Trinajstić information content (AvgIpc) is 3.70. The third kappa shape index (κ3) is 4.22. The molecular formula is C48H30N2S. The van der Waals surface area contributed by atoms with Gasteiger partial charge in [0.25, 0.3) is 0 Å². The molecule has 0 atom stereocenters. The molecule has 0 aliphatic carbocycles. The first kappa shape index (κ1) is 28.4. The Morgan fingerprint density at radius 2 is 1.06 bits per heavy atom. The summed E-state index contributed by atoms with van der Waals surface area (Å²) in [5.41, 5.74) is 14.4. The van der Waals surface area contributed by atoms with Crippen LogP contribution in [0.5, 0.6) is 0 Å². The summed E-state index contributed by atoms with van der Waals surface area (Å²) in [5, 5.41) is 5.13. The van der Waals surface area contributed by atoms with Crippen LogP contribution in [0.15, 0.2) is 182 Å². The van der Waals surface area contributed by atoms with Crippen LogP contribution in [0.3, 0.4) is 0 Å². The molecule has 238 valence electrons. The van der Waals surface area contributed by atoms with Gasteiger partial charge in [-0.2, -0.15) is 0 Å². The van der Waals surface area contributed by atoms with Crippen LogP contribution in [0.2, 0.25) is 0 Å². The average molecular weight is 667 g/mol. The second-order valence-electron chi connectivity index (χ2n) is 13.3. The molecule has 0 N–H and O–H groups in total. The lowest BCUT2D eigenvalue weighted by molar-refractivity contribution is 1.18. The van der Waals surface area contributed by atoms with Crippen molar-refractivity contribution in [3.05, 3.63) is 182 Å². The summed E-state index contributed by atoms with van der Waals surface area (Å²) >= 11 is 1.86. The number of aromatic nitrogens is 1. The molecule has 2 nitrogen and oxygen atoms in total. The van der Waals surface area contributed by atoms with E-state index < -0.39 is 0 Å². The van der Waals surface area contributed by atoms with Crippen molar-refractivity contribution in [1.82, 2.24) is 4.57 Å². The third-order valence-corrected chi connectivity index (χ3v) is 11.7. The summed E-state index contributed by atoms with van der Waals surface area (Å²) in [5.74, 6) is 0. The molecule has 3 heterocycles. The Kier molecular flexibility index (Phi) is 6.16. The second kappa shape index (κ2) is 11.0. The van der Waals surface area contributed by atoms with Crippen LogP contribution >= 0.6 is 11.3 Å². The number of para-hydroxylation sites is 3. The Balaban J connectivity index is 1.23. The summed E-state index contributed by atoms with van der Waals surface area (Å²) < 4.78 is 5.15. The van der Waals surface area contributed by atoms with Crippen LogP contribution < -0.4 is 4.90 Å². The molecular weight excluding hydrogens is 637 g/mol. The molecule has 3 heteroatoms. The molecule has 2 aromatic heterocycles. The predicted octanol–water partition coefficient (Wildman–Crippen LogP) is 13.9. The normalized spacial score (nSPS) is 12.3. The number of nitrogens with zero attached hydrogens (tertiary/aromatic N) is 2. The molecule has 0 bridgehead atoms. The second-order valence-corrected chi connectivity index (χ2v) is 14.4. The van der Waals surface area contributed by atoms with Gasteiger partial charge in [0, 0.05) is 53.4 Å². The Bertz CT molecular complexity index is 2980. The van der Waals surface area contributed by atoms with Crippen LogP contribution in [0.1, 0.15) is 0 Å². The van der Waals surface area contributed by atoms with Gasteiger partial charge in [-0.25, -0.2) is 0 Å². The van der Waals surface area contributed by atoms with Gasteiger partial charge in [0.1, 0.15) is 0 Å². The molecule has 0 fully saturated rings. The first-order valence-electron chi connectivity index (χ1n) is 17.4. The molecule has 0 amide bonds. The molecule has 0 radical (unpaired) electrons. The molecule has 0 spiro atoms. The van der Waals surface area contributed by atoms with Crippen molar-refractivity contribution >= 4 is 70.4 Å². The van der Waals surface area contributed by atoms with Crippen molar-refractivity contribution < 1.29 is 0 Å². The van der Waals surface area contributed by atoms with E-state index in [1.165, 1.54) is 86.7 Å². The molecule has 1 aliphatic rings. The van der Waals surface area contributed by atoms with E-state index in [2.05, 4.69) is 191 Å². The molecule has 0 saturated carbocycles. The Labute approximate surface area is 299 Å². The van der Waals surface area contributed by atoms with E-state index in [0.29, 0.717) is 0 Å². The lowest BCUT2D eigenvalue weighted by Gasteiger charge is -2.27. The summed E-state index contributed by atoms with van der Waals surface area (Å²) in [7, 11) is 0. The third-order valence-electron chi connectivity index (χ3n) is 10.5. The van der Waals surface area contributed by atoms with Gasteiger partial charge in [-0.05, 0) is 82.9 Å². The summed E-state index contributed by atoms with van der Waals surface area (Å²) in [4.78, 5) is 2.45. The lowest BCUT2D eigenvalue weighted by atomic mass is 9.93. The van der Waals surface area contributed by atoms with Crippen molar-refractivity contribution in [1.29, 1.82) is 0 Å². The summed E-state index contributed by atoms with van der Waals surface area (Å²) in [6.45, 7) is 0. The van der Waals surface area contributed by atoms with Crippen LogP contribution in [0, 0.1) is 0 Å². The Hall–Kier alpha value is -6.42. The van der Waals surface area contributed by atoms with E-state index in [-0.39, 0.29) is 0 Å². The number of rotatable bonds is 3. The molecule has 51 heavy (non-hydrogen) atoms. The van der Waals surface area contributed by atoms with Crippen LogP contribution in [-0.2, 0) is 0 Å². The van der Waals surface area contributed by atoms with E-state index in [1.54, 1.807) is 0 Å². The van der Waals surface area contributed by atoms with Crippen molar-refractivity contribution in [3.63, 3.8) is 0 Å². The summed E-state index contributed by atoms with van der Waals surface area (Å²) in [6.07, 6.45) is 0. The maximum absolute atomic E-state index is 2.50. The Morgan fingerprint density at radius 1 is 0.373 bits per heavy atom. The standard InChI is InChI=1S/C48H30N2S/c1-2-14-33(15-3-1)49-42-22-9-6-18-36(42)35-17-4-5-21-39(35)47-44(49)27-26-40-37-19-7-10-23-43(37)50(48(40)47)34-16-12-13-31(29-34)32-25-28-46-41(30-32)38-20-8-11-24-45(38)51-46/h1-30H. The number of anilines is 3. The minimum atomic E-state index is 1.14. The molecule has 11 rings (SSSR count). The van der Waals surface area contributed by atoms with Gasteiger partial charge >= 0.3 is 0 Å². The topological polar surface area (TPSA) is 8.17 Å². The quantitative estimate of drug-likeness (QED) is 0.182. The van der Waals surface area contributed by atoms with Crippen LogP contribution in [0.4, 0.5) is 17.1 Å². The number of thiophene rings is 1. The number of hydrogen-bond donors (Lipinski definition) is 0. The molecule has 8 aromatic carbocycles. The predicted molar refractivity (Wildman–Crippen MR) is 218 cm³/mol. The van der Waals surface area contributed by atoms with E-state index in [9.17, 15) is 0 Å². The maximum atomic E-state index is 2.50. The first-order valence-corrected chi connectivity index (χ1v) is 18.3. The molecule has 1 aliphatic heterocycles. The maximum Gasteiger partial charge on any atom is 0.0640 e. The van der Waals surface area contributed by atoms with Crippen LogP contribution in [0.25, 0.3) is 81.0 Å². The van der Waals surface area contributed by atoms with E-state index in [1.807, 2.05) is 11.3 Å². The monoisotopic (exact) mass is 666 g/mol. The van der Waals surface area contributed by atoms with E-state index in [4.69, 9.17) is 0 Å². The summed E-state index contributed by atoms with van der Waals surface area (Å²) in [6, 6.07) is 66.8. The van der Waals surface area contributed by atoms with Crippen molar-refractivity contribution in [2.75, 3.05) is 4.90 Å². The van der Waals surface area contributed by atoms with Gasteiger partial charge in [0.2, 0.25) is 0 Å². The van der Waals surface area contributed by atoms with Crippen molar-refractivity contribution in [2.24, 2.45) is 0 Å². The van der Waals surface area contributed by atoms with Crippen LogP contribution in [-0.4, -0.2) is 4.57 Å². The minimum absolute atomic E-state index is 1.14. The molecule has 0 unspecified atom stereocenters. The number of fused-ring (bicyclic) bond motifs is 12. The van der Waals surface area contributed by atoms with Gasteiger partial charge in [0.05, 0.1) is 22.4 Å². The van der Waals surface area contributed by atoms with Gasteiger partial charge in [0.15, 0.2) is 0 Å². The SMILES string of the molecule is c1ccc(N2c3ccccc3-c3ccccc3-c3c2ccc2c4ccccc4n(-c4cccc(-c5ccc6sc7ccccc7c6c5)c4)c32)cc1. The minimum Gasteiger partial charge on any atom is -0.309 e. The van der Waals surface area contributed by atoms with Crippen molar-refractivity contribution in [3.8, 4) is 39.1 Å². The smallest absolute Gasteiger partial charge is 0.0640 e. The molecule has 10 aromatic rings. The van der Waals surface area contributed by atoms with E-state index >= 15 is 0 Å².